The number of aliphatic carboxylic acids is 1. The van der Waals surface area contributed by atoms with Gasteiger partial charge >= 0.3 is 5.97 Å². The summed E-state index contributed by atoms with van der Waals surface area (Å²) in [6.07, 6.45) is 1.82. The largest absolute Gasteiger partial charge is 0.478 e. The van der Waals surface area contributed by atoms with Crippen molar-refractivity contribution in [3.63, 3.8) is 0 Å². The zero-order valence-electron chi connectivity index (χ0n) is 10.6. The summed E-state index contributed by atoms with van der Waals surface area (Å²) in [5.74, 6) is -1.43. The maximum atomic E-state index is 11.6. The van der Waals surface area contributed by atoms with Crippen LogP contribution in [0, 0.1) is 0 Å². The maximum Gasteiger partial charge on any atom is 0.328 e. The van der Waals surface area contributed by atoms with E-state index in [0.717, 1.165) is 17.0 Å². The molecule has 4 nitrogen and oxygen atoms in total. The zero-order valence-corrected chi connectivity index (χ0v) is 11.4. The Bertz CT molecular complexity index is 517. The van der Waals surface area contributed by atoms with Crippen molar-refractivity contribution in [2.75, 3.05) is 0 Å². The predicted molar refractivity (Wildman–Crippen MR) is 73.5 cm³/mol. The lowest BCUT2D eigenvalue weighted by Crippen LogP contribution is -2.07. The van der Waals surface area contributed by atoms with Crippen molar-refractivity contribution in [3.8, 4) is 0 Å². The Labute approximate surface area is 115 Å². The quantitative estimate of drug-likeness (QED) is 0.492. The average molecular weight is 278 g/mol. The first kappa shape index (κ1) is 15.2. The molecule has 0 aromatic heterocycles. The van der Waals surface area contributed by atoms with Crippen LogP contribution in [0.2, 0.25) is 0 Å². The van der Waals surface area contributed by atoms with Crippen molar-refractivity contribution in [1.29, 1.82) is 0 Å². The molecular weight excluding hydrogens is 264 g/mol. The third-order valence-electron chi connectivity index (χ3n) is 2.40. The summed E-state index contributed by atoms with van der Waals surface area (Å²) in [5.41, 5.74) is 0.414. The van der Waals surface area contributed by atoms with Gasteiger partial charge in [0, 0.05) is 16.5 Å². The summed E-state index contributed by atoms with van der Waals surface area (Å²) in [4.78, 5) is 33.9. The number of allylic oxidation sites excluding steroid dienone is 1. The minimum atomic E-state index is -1.16. The highest BCUT2D eigenvalue weighted by atomic mass is 32.2. The Morgan fingerprint density at radius 2 is 1.74 bits per heavy atom. The van der Waals surface area contributed by atoms with Crippen molar-refractivity contribution in [3.05, 3.63) is 42.0 Å². The van der Waals surface area contributed by atoms with Crippen molar-refractivity contribution >= 4 is 29.3 Å². The first-order chi connectivity index (χ1) is 8.90. The smallest absolute Gasteiger partial charge is 0.328 e. The number of carboxylic acid groups (broad SMARTS) is 1. The Morgan fingerprint density at radius 3 is 2.21 bits per heavy atom. The molecule has 0 amide bonds. The molecule has 0 aliphatic carbocycles. The molecule has 100 valence electrons. The first-order valence-electron chi connectivity index (χ1n) is 5.62. The number of carbonyl (C=O) groups is 3. The summed E-state index contributed by atoms with van der Waals surface area (Å²) in [7, 11) is 0. The second kappa shape index (κ2) is 6.89. The summed E-state index contributed by atoms with van der Waals surface area (Å²) < 4.78 is 0. The highest BCUT2D eigenvalue weighted by Gasteiger charge is 2.09. The van der Waals surface area contributed by atoms with Crippen LogP contribution in [0.15, 0.2) is 41.3 Å². The summed E-state index contributed by atoms with van der Waals surface area (Å²) in [6.45, 7) is 3.36. The third-order valence-corrected chi connectivity index (χ3v) is 3.63. The molecule has 0 spiro atoms. The van der Waals surface area contributed by atoms with Gasteiger partial charge in [-0.1, -0.05) is 0 Å². The van der Waals surface area contributed by atoms with Gasteiger partial charge in [-0.2, -0.15) is 0 Å². The Balaban J connectivity index is 2.74. The molecule has 1 unspecified atom stereocenters. The Kier molecular flexibility index (Phi) is 5.51. The van der Waals surface area contributed by atoms with Gasteiger partial charge < -0.3 is 5.11 Å². The molecule has 1 atom stereocenters. The number of thioether (sulfide) groups is 1. The van der Waals surface area contributed by atoms with Crippen molar-refractivity contribution in [2.24, 2.45) is 0 Å². The fourth-order valence-corrected chi connectivity index (χ4v) is 2.10. The normalized spacial score (nSPS) is 12.3. The van der Waals surface area contributed by atoms with Crippen LogP contribution in [0.4, 0.5) is 0 Å². The van der Waals surface area contributed by atoms with E-state index < -0.39 is 5.97 Å². The predicted octanol–water partition coefficient (Wildman–Crippen LogP) is 2.58. The minimum Gasteiger partial charge on any atom is -0.478 e. The van der Waals surface area contributed by atoms with E-state index in [2.05, 4.69) is 0 Å². The van der Waals surface area contributed by atoms with Gasteiger partial charge in [0.25, 0.3) is 0 Å². The van der Waals surface area contributed by atoms with Gasteiger partial charge in [-0.3, -0.25) is 9.59 Å². The molecule has 19 heavy (non-hydrogen) atoms. The van der Waals surface area contributed by atoms with E-state index in [1.165, 1.54) is 18.7 Å². The van der Waals surface area contributed by atoms with E-state index in [1.807, 2.05) is 6.92 Å². The van der Waals surface area contributed by atoms with E-state index >= 15 is 0 Å². The molecule has 0 radical (unpaired) electrons. The monoisotopic (exact) mass is 278 g/mol. The fraction of sp³-hybridized carbons (Fsp3) is 0.214. The molecule has 5 heteroatoms. The number of hydrogen-bond acceptors (Lipinski definition) is 4. The molecule has 1 rings (SSSR count). The third kappa shape index (κ3) is 5.09. The van der Waals surface area contributed by atoms with Gasteiger partial charge in [0.05, 0.1) is 5.25 Å². The summed E-state index contributed by atoms with van der Waals surface area (Å²) in [6, 6.07) is 6.71. The molecule has 1 aromatic rings. The minimum absolute atomic E-state index is 0.0922. The van der Waals surface area contributed by atoms with Gasteiger partial charge in [0.15, 0.2) is 5.78 Å². The van der Waals surface area contributed by atoms with Crippen LogP contribution in [-0.4, -0.2) is 27.9 Å². The lowest BCUT2D eigenvalue weighted by atomic mass is 10.1. The number of ketones is 2. The van der Waals surface area contributed by atoms with Crippen LogP contribution in [0.5, 0.6) is 0 Å². The van der Waals surface area contributed by atoms with Crippen molar-refractivity contribution in [1.82, 2.24) is 0 Å². The lowest BCUT2D eigenvalue weighted by Gasteiger charge is -2.07. The maximum absolute atomic E-state index is 11.6. The molecule has 0 saturated heterocycles. The van der Waals surface area contributed by atoms with E-state index in [4.69, 9.17) is 5.11 Å². The van der Waals surface area contributed by atoms with Crippen LogP contribution >= 0.6 is 11.8 Å². The van der Waals surface area contributed by atoms with E-state index in [9.17, 15) is 14.4 Å². The molecule has 1 aromatic carbocycles. The fourth-order valence-electron chi connectivity index (χ4n) is 1.23. The van der Waals surface area contributed by atoms with Crippen LogP contribution in [0.1, 0.15) is 24.2 Å². The number of benzene rings is 1. The van der Waals surface area contributed by atoms with Crippen molar-refractivity contribution < 1.29 is 19.5 Å². The van der Waals surface area contributed by atoms with E-state index in [1.54, 1.807) is 24.3 Å². The molecule has 0 aliphatic heterocycles. The number of Topliss-reactive ketones (excluding diaryl/α,β-unsaturated/α-hetero) is 1. The molecule has 0 bridgehead atoms. The van der Waals surface area contributed by atoms with Crippen molar-refractivity contribution in [2.45, 2.75) is 24.0 Å². The number of carboxylic acids is 1. The molecule has 0 aliphatic rings. The highest BCUT2D eigenvalue weighted by Crippen LogP contribution is 2.24. The van der Waals surface area contributed by atoms with E-state index in [-0.39, 0.29) is 16.8 Å². The van der Waals surface area contributed by atoms with Gasteiger partial charge in [0.1, 0.15) is 5.78 Å². The Morgan fingerprint density at radius 1 is 1.16 bits per heavy atom. The van der Waals surface area contributed by atoms with Crippen LogP contribution in [0.25, 0.3) is 0 Å². The first-order valence-corrected chi connectivity index (χ1v) is 6.50. The molecule has 1 N–H and O–H groups in total. The van der Waals surface area contributed by atoms with Gasteiger partial charge in [-0.25, -0.2) is 4.79 Å². The zero-order chi connectivity index (χ0) is 14.4. The van der Waals surface area contributed by atoms with Gasteiger partial charge in [0.2, 0.25) is 0 Å². The summed E-state index contributed by atoms with van der Waals surface area (Å²) >= 11 is 1.42. The molecular formula is C14H14O4S. The molecule has 0 saturated carbocycles. The Hall–Kier alpha value is -1.88. The van der Waals surface area contributed by atoms with E-state index in [0.29, 0.717) is 5.56 Å². The van der Waals surface area contributed by atoms with Gasteiger partial charge in [-0.05, 0) is 44.2 Å². The van der Waals surface area contributed by atoms with Gasteiger partial charge in [-0.15, -0.1) is 11.8 Å². The highest BCUT2D eigenvalue weighted by molar-refractivity contribution is 8.00. The molecule has 0 heterocycles. The molecule has 0 fully saturated rings. The SMILES string of the molecule is CC(=O)C(C)Sc1ccc(C(=O)/C=C/C(=O)O)cc1. The van der Waals surface area contributed by atoms with Crippen LogP contribution < -0.4 is 0 Å². The average Bonchev–Trinajstić information content (AvgIpc) is 2.36. The second-order valence-electron chi connectivity index (χ2n) is 3.93. The number of hydrogen-bond donors (Lipinski definition) is 1. The van der Waals surface area contributed by atoms with Crippen LogP contribution in [-0.2, 0) is 9.59 Å². The number of rotatable bonds is 6. The topological polar surface area (TPSA) is 71.4 Å². The lowest BCUT2D eigenvalue weighted by molar-refractivity contribution is -0.131. The summed E-state index contributed by atoms with van der Waals surface area (Å²) in [5, 5.41) is 8.30. The van der Waals surface area contributed by atoms with Crippen LogP contribution in [0.3, 0.4) is 0 Å². The standard InChI is InChI=1S/C14H14O4S/c1-9(15)10(2)19-12-5-3-11(4-6-12)13(16)7-8-14(17)18/h3-8,10H,1-2H3,(H,17,18)/b8-7+. The second-order valence-corrected chi connectivity index (χ2v) is 5.35. The number of carbonyl (C=O) groups excluding carboxylic acids is 2.